The summed E-state index contributed by atoms with van der Waals surface area (Å²) in [7, 11) is 0. The molecule has 0 unspecified atom stereocenters. The second-order valence-electron chi connectivity index (χ2n) is 2.78. The van der Waals surface area contributed by atoms with E-state index in [-0.39, 0.29) is 0 Å². The molecule has 0 aliphatic rings. The molecule has 0 aromatic carbocycles. The van der Waals surface area contributed by atoms with Gasteiger partial charge in [0.1, 0.15) is 6.33 Å². The lowest BCUT2D eigenvalue weighted by molar-refractivity contribution is 1.06. The quantitative estimate of drug-likeness (QED) is 0.686. The molecular weight excluding hydrogens is 162 g/mol. The van der Waals surface area contributed by atoms with Crippen LogP contribution in [0.3, 0.4) is 0 Å². The van der Waals surface area contributed by atoms with Crippen molar-refractivity contribution in [2.24, 2.45) is 0 Å². The first kappa shape index (κ1) is 7.86. The molecule has 64 valence electrons. The van der Waals surface area contributed by atoms with E-state index in [1.807, 2.05) is 30.7 Å². The third kappa shape index (κ3) is 2.08. The molecule has 0 aliphatic carbocycles. The van der Waals surface area contributed by atoms with Crippen LogP contribution in [-0.2, 0) is 6.42 Å². The van der Waals surface area contributed by atoms with E-state index in [1.165, 1.54) is 11.9 Å². The molecule has 2 aromatic rings. The molecule has 3 nitrogen and oxygen atoms in total. The summed E-state index contributed by atoms with van der Waals surface area (Å²) in [5.41, 5.74) is 2.29. The highest BCUT2D eigenvalue weighted by Gasteiger charge is 1.94. The number of hydrogen-bond donors (Lipinski definition) is 0. The first-order chi connectivity index (χ1) is 6.45. The zero-order chi connectivity index (χ0) is 8.93. The van der Waals surface area contributed by atoms with E-state index in [0.29, 0.717) is 0 Å². The molecule has 2 aromatic heterocycles. The van der Waals surface area contributed by atoms with E-state index < -0.39 is 0 Å². The predicted octanol–water partition coefficient (Wildman–Crippen LogP) is 1.46. The van der Waals surface area contributed by atoms with Crippen LogP contribution in [0.1, 0.15) is 11.1 Å². The van der Waals surface area contributed by atoms with Crippen molar-refractivity contribution >= 4 is 0 Å². The molecule has 2 rings (SSSR count). The normalized spacial score (nSPS) is 9.85. The minimum atomic E-state index is 0.842. The summed E-state index contributed by atoms with van der Waals surface area (Å²) in [6.45, 7) is 0. The van der Waals surface area contributed by atoms with Crippen molar-refractivity contribution in [3.63, 3.8) is 0 Å². The van der Waals surface area contributed by atoms with Crippen molar-refractivity contribution in [3.05, 3.63) is 54.4 Å². The molecule has 0 fully saturated rings. The number of nitrogens with zero attached hydrogens (tertiary/aromatic N) is 3. The van der Waals surface area contributed by atoms with Crippen molar-refractivity contribution in [1.82, 2.24) is 15.0 Å². The molecule has 13 heavy (non-hydrogen) atoms. The Morgan fingerprint density at radius 1 is 0.923 bits per heavy atom. The van der Waals surface area contributed by atoms with Crippen LogP contribution in [0, 0.1) is 0 Å². The van der Waals surface area contributed by atoms with Gasteiger partial charge in [-0.25, -0.2) is 9.97 Å². The van der Waals surface area contributed by atoms with Crippen LogP contribution in [0.5, 0.6) is 0 Å². The maximum atomic E-state index is 4.04. The van der Waals surface area contributed by atoms with Gasteiger partial charge < -0.3 is 0 Å². The summed E-state index contributed by atoms with van der Waals surface area (Å²) < 4.78 is 0. The summed E-state index contributed by atoms with van der Waals surface area (Å²) in [4.78, 5) is 11.9. The highest BCUT2D eigenvalue weighted by molar-refractivity contribution is 5.18. The highest BCUT2D eigenvalue weighted by atomic mass is 14.8. The van der Waals surface area contributed by atoms with E-state index in [0.717, 1.165) is 12.0 Å². The largest absolute Gasteiger partial charge is 0.264 e. The summed E-state index contributed by atoms with van der Waals surface area (Å²) >= 11 is 0. The summed E-state index contributed by atoms with van der Waals surface area (Å²) in [6.07, 6.45) is 9.64. The monoisotopic (exact) mass is 171 g/mol. The summed E-state index contributed by atoms with van der Waals surface area (Å²) in [5.74, 6) is 0. The Morgan fingerprint density at radius 2 is 1.69 bits per heavy atom. The zero-order valence-electron chi connectivity index (χ0n) is 7.09. The Hall–Kier alpha value is -1.77. The standard InChI is InChI=1S/C10H9N3/c1-2-9(5-11-3-1)4-10-6-12-8-13-7-10/h1-3,5-8H,4H2. The lowest BCUT2D eigenvalue weighted by Gasteiger charge is -1.98. The molecule has 0 aliphatic heterocycles. The lowest BCUT2D eigenvalue weighted by Crippen LogP contribution is -1.90. The van der Waals surface area contributed by atoms with Gasteiger partial charge in [0, 0.05) is 31.2 Å². The van der Waals surface area contributed by atoms with Gasteiger partial charge in [-0.15, -0.1) is 0 Å². The van der Waals surface area contributed by atoms with E-state index in [4.69, 9.17) is 0 Å². The van der Waals surface area contributed by atoms with Crippen LogP contribution in [0.25, 0.3) is 0 Å². The number of pyridine rings is 1. The number of hydrogen-bond acceptors (Lipinski definition) is 3. The Morgan fingerprint density at radius 3 is 2.38 bits per heavy atom. The van der Waals surface area contributed by atoms with Crippen LogP contribution < -0.4 is 0 Å². The van der Waals surface area contributed by atoms with Crippen molar-refractivity contribution in [1.29, 1.82) is 0 Å². The first-order valence-corrected chi connectivity index (χ1v) is 4.08. The smallest absolute Gasteiger partial charge is 0.115 e. The minimum absolute atomic E-state index is 0.842. The van der Waals surface area contributed by atoms with Crippen molar-refractivity contribution in [2.45, 2.75) is 6.42 Å². The number of aromatic nitrogens is 3. The Kier molecular flexibility index (Phi) is 2.27. The molecule has 0 radical (unpaired) electrons. The molecule has 0 saturated carbocycles. The maximum Gasteiger partial charge on any atom is 0.115 e. The van der Waals surface area contributed by atoms with Gasteiger partial charge in [-0.3, -0.25) is 4.98 Å². The molecule has 0 saturated heterocycles. The molecule has 0 bridgehead atoms. The second-order valence-corrected chi connectivity index (χ2v) is 2.78. The fourth-order valence-corrected chi connectivity index (χ4v) is 1.16. The van der Waals surface area contributed by atoms with Gasteiger partial charge in [-0.05, 0) is 17.2 Å². The average molecular weight is 171 g/mol. The highest BCUT2D eigenvalue weighted by Crippen LogP contribution is 2.04. The van der Waals surface area contributed by atoms with E-state index in [1.54, 1.807) is 6.20 Å². The average Bonchev–Trinajstić information content (AvgIpc) is 2.21. The van der Waals surface area contributed by atoms with Crippen LogP contribution in [0.15, 0.2) is 43.2 Å². The Bertz CT molecular complexity index is 321. The molecule has 0 N–H and O–H groups in total. The van der Waals surface area contributed by atoms with Gasteiger partial charge in [0.15, 0.2) is 0 Å². The third-order valence-electron chi connectivity index (χ3n) is 1.75. The van der Waals surface area contributed by atoms with E-state index >= 15 is 0 Å². The zero-order valence-corrected chi connectivity index (χ0v) is 7.09. The predicted molar refractivity (Wildman–Crippen MR) is 49.1 cm³/mol. The van der Waals surface area contributed by atoms with Gasteiger partial charge >= 0.3 is 0 Å². The fraction of sp³-hybridized carbons (Fsp3) is 0.100. The van der Waals surface area contributed by atoms with Crippen LogP contribution >= 0.6 is 0 Å². The van der Waals surface area contributed by atoms with E-state index in [2.05, 4.69) is 15.0 Å². The third-order valence-corrected chi connectivity index (χ3v) is 1.75. The van der Waals surface area contributed by atoms with Crippen LogP contribution in [0.2, 0.25) is 0 Å². The molecule has 2 heterocycles. The van der Waals surface area contributed by atoms with Gasteiger partial charge in [0.05, 0.1) is 0 Å². The van der Waals surface area contributed by atoms with Crippen molar-refractivity contribution < 1.29 is 0 Å². The van der Waals surface area contributed by atoms with Gasteiger partial charge in [0.2, 0.25) is 0 Å². The summed E-state index contributed by atoms with van der Waals surface area (Å²) in [5, 5.41) is 0. The van der Waals surface area contributed by atoms with Gasteiger partial charge in [-0.1, -0.05) is 6.07 Å². The SMILES string of the molecule is c1cncc(Cc2cncnc2)c1. The Labute approximate surface area is 76.5 Å². The van der Waals surface area contributed by atoms with Gasteiger partial charge in [-0.2, -0.15) is 0 Å². The number of rotatable bonds is 2. The molecule has 3 heteroatoms. The molecule has 0 spiro atoms. The first-order valence-electron chi connectivity index (χ1n) is 4.08. The van der Waals surface area contributed by atoms with Gasteiger partial charge in [0.25, 0.3) is 0 Å². The van der Waals surface area contributed by atoms with Crippen molar-refractivity contribution in [3.8, 4) is 0 Å². The lowest BCUT2D eigenvalue weighted by atomic mass is 10.1. The second kappa shape index (κ2) is 3.76. The van der Waals surface area contributed by atoms with Crippen LogP contribution in [0.4, 0.5) is 0 Å². The minimum Gasteiger partial charge on any atom is -0.264 e. The van der Waals surface area contributed by atoms with Crippen molar-refractivity contribution in [2.75, 3.05) is 0 Å². The molecule has 0 atom stereocenters. The maximum absolute atomic E-state index is 4.04. The van der Waals surface area contributed by atoms with E-state index in [9.17, 15) is 0 Å². The topological polar surface area (TPSA) is 38.7 Å². The summed E-state index contributed by atoms with van der Waals surface area (Å²) in [6, 6.07) is 3.97. The molecular formula is C10H9N3. The Balaban J connectivity index is 2.16. The fourth-order valence-electron chi connectivity index (χ4n) is 1.16. The van der Waals surface area contributed by atoms with Crippen LogP contribution in [-0.4, -0.2) is 15.0 Å². The molecule has 0 amide bonds.